The van der Waals surface area contributed by atoms with E-state index in [9.17, 15) is 0 Å². The second-order valence-electron chi connectivity index (χ2n) is 5.18. The Kier molecular flexibility index (Phi) is 5.58. The SMILES string of the molecule is COc1ccccc1CNc1ccnc(Nc2cc(Cl)ccc2Cl)n1. The van der Waals surface area contributed by atoms with Crippen LogP contribution in [0.25, 0.3) is 0 Å². The second-order valence-corrected chi connectivity index (χ2v) is 6.02. The van der Waals surface area contributed by atoms with Crippen LogP contribution in [0.5, 0.6) is 5.75 Å². The molecule has 3 rings (SSSR count). The number of anilines is 3. The fourth-order valence-electron chi connectivity index (χ4n) is 2.27. The number of hydrogen-bond acceptors (Lipinski definition) is 5. The summed E-state index contributed by atoms with van der Waals surface area (Å²) in [5.41, 5.74) is 1.69. The normalized spacial score (nSPS) is 10.4. The van der Waals surface area contributed by atoms with E-state index in [0.29, 0.717) is 34.0 Å². The third kappa shape index (κ3) is 4.53. The summed E-state index contributed by atoms with van der Waals surface area (Å²) >= 11 is 12.2. The molecule has 25 heavy (non-hydrogen) atoms. The van der Waals surface area contributed by atoms with Gasteiger partial charge in [0.1, 0.15) is 11.6 Å². The van der Waals surface area contributed by atoms with Gasteiger partial charge in [-0.15, -0.1) is 0 Å². The first kappa shape index (κ1) is 17.3. The summed E-state index contributed by atoms with van der Waals surface area (Å²) in [6, 6.07) is 14.8. The standard InChI is InChI=1S/C18H16Cl2N4O/c1-25-16-5-3-2-4-12(16)11-22-17-8-9-21-18(24-17)23-15-10-13(19)6-7-14(15)20/h2-10H,11H2,1H3,(H2,21,22,23,24). The van der Waals surface area contributed by atoms with Crippen molar-refractivity contribution in [1.29, 1.82) is 0 Å². The van der Waals surface area contributed by atoms with Crippen molar-refractivity contribution in [1.82, 2.24) is 9.97 Å². The van der Waals surface area contributed by atoms with E-state index >= 15 is 0 Å². The molecule has 0 aliphatic rings. The molecule has 1 heterocycles. The number of aromatic nitrogens is 2. The van der Waals surface area contributed by atoms with Crippen LogP contribution < -0.4 is 15.4 Å². The van der Waals surface area contributed by atoms with Crippen molar-refractivity contribution in [2.75, 3.05) is 17.7 Å². The highest BCUT2D eigenvalue weighted by atomic mass is 35.5. The number of ether oxygens (including phenoxy) is 1. The van der Waals surface area contributed by atoms with Crippen LogP contribution in [0.15, 0.2) is 54.7 Å². The molecule has 0 atom stereocenters. The van der Waals surface area contributed by atoms with Gasteiger partial charge in [0.25, 0.3) is 0 Å². The molecule has 7 heteroatoms. The molecular formula is C18H16Cl2N4O. The number of methoxy groups -OCH3 is 1. The zero-order valence-electron chi connectivity index (χ0n) is 13.5. The third-order valence-corrected chi connectivity index (χ3v) is 4.05. The molecule has 0 saturated carbocycles. The van der Waals surface area contributed by atoms with Crippen LogP contribution >= 0.6 is 23.2 Å². The number of hydrogen-bond donors (Lipinski definition) is 2. The molecule has 2 aromatic carbocycles. The van der Waals surface area contributed by atoms with E-state index in [-0.39, 0.29) is 0 Å². The van der Waals surface area contributed by atoms with Gasteiger partial charge in [-0.1, -0.05) is 41.4 Å². The van der Waals surface area contributed by atoms with Gasteiger partial charge in [-0.3, -0.25) is 0 Å². The minimum absolute atomic E-state index is 0.425. The van der Waals surface area contributed by atoms with Gasteiger partial charge in [0, 0.05) is 23.3 Å². The van der Waals surface area contributed by atoms with Gasteiger partial charge in [0.15, 0.2) is 0 Å². The minimum Gasteiger partial charge on any atom is -0.496 e. The number of rotatable bonds is 6. The van der Waals surface area contributed by atoms with E-state index in [2.05, 4.69) is 20.6 Å². The first-order chi connectivity index (χ1) is 12.2. The monoisotopic (exact) mass is 374 g/mol. The van der Waals surface area contributed by atoms with Crippen LogP contribution in [0.2, 0.25) is 10.0 Å². The lowest BCUT2D eigenvalue weighted by molar-refractivity contribution is 0.410. The van der Waals surface area contributed by atoms with Crippen molar-refractivity contribution < 1.29 is 4.74 Å². The predicted molar refractivity (Wildman–Crippen MR) is 102 cm³/mol. The van der Waals surface area contributed by atoms with Crippen LogP contribution in [0.1, 0.15) is 5.56 Å². The summed E-state index contributed by atoms with van der Waals surface area (Å²) in [4.78, 5) is 8.64. The fraction of sp³-hybridized carbons (Fsp3) is 0.111. The number of benzene rings is 2. The maximum absolute atomic E-state index is 6.15. The Hall–Kier alpha value is -2.50. The lowest BCUT2D eigenvalue weighted by Gasteiger charge is -2.11. The average Bonchev–Trinajstić information content (AvgIpc) is 2.63. The van der Waals surface area contributed by atoms with Crippen LogP contribution in [-0.4, -0.2) is 17.1 Å². The molecule has 3 aromatic rings. The molecule has 2 N–H and O–H groups in total. The van der Waals surface area contributed by atoms with E-state index in [4.69, 9.17) is 27.9 Å². The maximum Gasteiger partial charge on any atom is 0.229 e. The Bertz CT molecular complexity index is 873. The smallest absolute Gasteiger partial charge is 0.229 e. The van der Waals surface area contributed by atoms with Crippen LogP contribution in [0.4, 0.5) is 17.5 Å². The molecule has 0 unspecified atom stereocenters. The van der Waals surface area contributed by atoms with Crippen molar-refractivity contribution >= 4 is 40.7 Å². The molecule has 0 bridgehead atoms. The molecular weight excluding hydrogens is 359 g/mol. The Morgan fingerprint density at radius 1 is 1.08 bits per heavy atom. The van der Waals surface area contributed by atoms with Crippen LogP contribution in [-0.2, 0) is 6.54 Å². The van der Waals surface area contributed by atoms with Crippen molar-refractivity contribution in [3.05, 3.63) is 70.3 Å². The van der Waals surface area contributed by atoms with Crippen molar-refractivity contribution in [2.45, 2.75) is 6.54 Å². The van der Waals surface area contributed by atoms with Gasteiger partial charge in [-0.2, -0.15) is 4.98 Å². The van der Waals surface area contributed by atoms with Gasteiger partial charge in [0.2, 0.25) is 5.95 Å². The molecule has 0 aliphatic carbocycles. The lowest BCUT2D eigenvalue weighted by Crippen LogP contribution is -2.05. The molecule has 5 nitrogen and oxygen atoms in total. The Morgan fingerprint density at radius 3 is 2.76 bits per heavy atom. The highest BCUT2D eigenvalue weighted by Gasteiger charge is 2.06. The van der Waals surface area contributed by atoms with Gasteiger partial charge in [0.05, 0.1) is 17.8 Å². The summed E-state index contributed by atoms with van der Waals surface area (Å²) in [5, 5.41) is 7.45. The zero-order chi connectivity index (χ0) is 17.6. The Labute approximate surface area is 156 Å². The number of para-hydroxylation sites is 1. The lowest BCUT2D eigenvalue weighted by atomic mass is 10.2. The highest BCUT2D eigenvalue weighted by Crippen LogP contribution is 2.27. The van der Waals surface area contributed by atoms with E-state index in [1.165, 1.54) is 0 Å². The van der Waals surface area contributed by atoms with E-state index in [1.807, 2.05) is 24.3 Å². The predicted octanol–water partition coefficient (Wildman–Crippen LogP) is 5.15. The first-order valence-corrected chi connectivity index (χ1v) is 8.32. The maximum atomic E-state index is 6.15. The fourth-order valence-corrected chi connectivity index (χ4v) is 2.60. The van der Waals surface area contributed by atoms with Crippen LogP contribution in [0, 0.1) is 0 Å². The topological polar surface area (TPSA) is 59.1 Å². The van der Waals surface area contributed by atoms with Crippen molar-refractivity contribution in [3.8, 4) is 5.75 Å². The summed E-state index contributed by atoms with van der Waals surface area (Å²) in [7, 11) is 1.65. The molecule has 0 amide bonds. The zero-order valence-corrected chi connectivity index (χ0v) is 15.0. The van der Waals surface area contributed by atoms with Crippen molar-refractivity contribution in [2.24, 2.45) is 0 Å². The van der Waals surface area contributed by atoms with Crippen molar-refractivity contribution in [3.63, 3.8) is 0 Å². The molecule has 0 aliphatic heterocycles. The number of halogens is 2. The quantitative estimate of drug-likeness (QED) is 0.624. The van der Waals surface area contributed by atoms with Gasteiger partial charge < -0.3 is 15.4 Å². The first-order valence-electron chi connectivity index (χ1n) is 7.56. The second kappa shape index (κ2) is 8.05. The van der Waals surface area contributed by atoms with E-state index in [0.717, 1.165) is 11.3 Å². The molecule has 0 saturated heterocycles. The highest BCUT2D eigenvalue weighted by molar-refractivity contribution is 6.35. The van der Waals surface area contributed by atoms with E-state index < -0.39 is 0 Å². The Balaban J connectivity index is 1.72. The summed E-state index contributed by atoms with van der Waals surface area (Å²) in [6.45, 7) is 0.582. The van der Waals surface area contributed by atoms with Gasteiger partial charge in [-0.25, -0.2) is 4.98 Å². The molecule has 0 fully saturated rings. The molecule has 0 spiro atoms. The molecule has 0 radical (unpaired) electrons. The molecule has 1 aromatic heterocycles. The largest absolute Gasteiger partial charge is 0.496 e. The summed E-state index contributed by atoms with van der Waals surface area (Å²) in [6.07, 6.45) is 1.67. The Morgan fingerprint density at radius 2 is 1.92 bits per heavy atom. The summed E-state index contributed by atoms with van der Waals surface area (Å²) in [5.74, 6) is 1.93. The van der Waals surface area contributed by atoms with Gasteiger partial charge >= 0.3 is 0 Å². The number of nitrogens with zero attached hydrogens (tertiary/aromatic N) is 2. The molecule has 128 valence electrons. The van der Waals surface area contributed by atoms with E-state index in [1.54, 1.807) is 37.6 Å². The average molecular weight is 375 g/mol. The minimum atomic E-state index is 0.425. The summed E-state index contributed by atoms with van der Waals surface area (Å²) < 4.78 is 5.35. The van der Waals surface area contributed by atoms with Gasteiger partial charge in [-0.05, 0) is 30.3 Å². The third-order valence-electron chi connectivity index (χ3n) is 3.48. The number of nitrogens with one attached hydrogen (secondary N) is 2. The van der Waals surface area contributed by atoms with Crippen LogP contribution in [0.3, 0.4) is 0 Å².